The van der Waals surface area contributed by atoms with Gasteiger partial charge in [0.1, 0.15) is 0 Å². The van der Waals surface area contributed by atoms with E-state index >= 15 is 0 Å². The molecule has 0 saturated heterocycles. The number of carbonyl (C=O) groups is 1. The maximum absolute atomic E-state index is 12.6. The van der Waals surface area contributed by atoms with Crippen LogP contribution in [0.3, 0.4) is 0 Å². The van der Waals surface area contributed by atoms with Crippen LogP contribution in [0.25, 0.3) is 0 Å². The first-order chi connectivity index (χ1) is 12.3. The van der Waals surface area contributed by atoms with Crippen LogP contribution in [-0.4, -0.2) is 45.2 Å². The number of aliphatic hydroxyl groups is 3. The number of rotatable bonds is 3. The summed E-state index contributed by atoms with van der Waals surface area (Å²) in [6, 6.07) is 0. The SMILES string of the molecule is CC.CC1C([C@@]2(CO)CC[C@H](O)C[C@@H]2CO)CC[C@]2(C)C(=O)[C@H](Br)CC12. The minimum atomic E-state index is -0.369. The van der Waals surface area contributed by atoms with Gasteiger partial charge in [-0.2, -0.15) is 0 Å². The number of hydrogen-bond donors (Lipinski definition) is 3. The van der Waals surface area contributed by atoms with Gasteiger partial charge < -0.3 is 15.3 Å². The Morgan fingerprint density at radius 2 is 1.77 bits per heavy atom. The van der Waals surface area contributed by atoms with Crippen LogP contribution in [0, 0.1) is 34.5 Å². The average molecular weight is 433 g/mol. The van der Waals surface area contributed by atoms with Crippen molar-refractivity contribution in [2.75, 3.05) is 13.2 Å². The second-order valence-corrected chi connectivity index (χ2v) is 9.90. The molecule has 3 aliphatic carbocycles. The predicted octanol–water partition coefficient (Wildman–Crippen LogP) is 3.55. The molecule has 0 amide bonds. The summed E-state index contributed by atoms with van der Waals surface area (Å²) >= 11 is 3.56. The fourth-order valence-corrected chi connectivity index (χ4v) is 7.36. The third-order valence-corrected chi connectivity index (χ3v) is 8.73. The van der Waals surface area contributed by atoms with E-state index in [0.29, 0.717) is 36.4 Å². The first-order valence-electron chi connectivity index (χ1n) is 10.4. The smallest absolute Gasteiger partial charge is 0.152 e. The molecule has 0 aliphatic heterocycles. The van der Waals surface area contributed by atoms with E-state index in [9.17, 15) is 20.1 Å². The number of hydrogen-bond acceptors (Lipinski definition) is 4. The summed E-state index contributed by atoms with van der Waals surface area (Å²) in [4.78, 5) is 12.6. The zero-order chi connectivity index (χ0) is 19.7. The van der Waals surface area contributed by atoms with Gasteiger partial charge in [-0.3, -0.25) is 4.79 Å². The molecule has 0 spiro atoms. The van der Waals surface area contributed by atoms with E-state index in [4.69, 9.17) is 0 Å². The van der Waals surface area contributed by atoms with Crippen LogP contribution >= 0.6 is 15.9 Å². The molecular formula is C21H37BrO4. The first kappa shape index (κ1) is 22.3. The summed E-state index contributed by atoms with van der Waals surface area (Å²) in [5, 5.41) is 30.3. The molecule has 0 aromatic carbocycles. The van der Waals surface area contributed by atoms with Crippen molar-refractivity contribution in [1.82, 2.24) is 0 Å². The Kier molecular flexibility index (Phi) is 7.37. The highest BCUT2D eigenvalue weighted by Crippen LogP contribution is 2.61. The van der Waals surface area contributed by atoms with Crippen LogP contribution in [0.15, 0.2) is 0 Å². The Morgan fingerprint density at radius 1 is 1.12 bits per heavy atom. The van der Waals surface area contributed by atoms with E-state index in [1.807, 2.05) is 13.8 Å². The summed E-state index contributed by atoms with van der Waals surface area (Å²) in [5.74, 6) is 1.26. The molecule has 3 N–H and O–H groups in total. The van der Waals surface area contributed by atoms with Crippen molar-refractivity contribution in [2.45, 2.75) is 77.2 Å². The van der Waals surface area contributed by atoms with Crippen molar-refractivity contribution >= 4 is 21.7 Å². The Balaban J connectivity index is 0.00000117. The highest BCUT2D eigenvalue weighted by Gasteiger charge is 2.60. The standard InChI is InChI=1S/C19H31BrO4.C2H6/c1-11-14(4-5-18(2)15(11)8-16(20)17(18)24)19(10-22)6-3-13(23)7-12(19)9-21;1-2/h11-16,21-23H,3-10H2,1-2H3;1-2H3/t11?,12-,13+,14?,15?,16-,18+,19-;/m1./s1. The zero-order valence-corrected chi connectivity index (χ0v) is 18.3. The van der Waals surface area contributed by atoms with E-state index in [1.165, 1.54) is 0 Å². The topological polar surface area (TPSA) is 77.8 Å². The number of aliphatic hydroxyl groups excluding tert-OH is 3. The molecule has 4 nitrogen and oxygen atoms in total. The van der Waals surface area contributed by atoms with Crippen LogP contribution < -0.4 is 0 Å². The molecule has 0 radical (unpaired) electrons. The van der Waals surface area contributed by atoms with Gasteiger partial charge >= 0.3 is 0 Å². The fourth-order valence-electron chi connectivity index (χ4n) is 6.43. The second kappa shape index (κ2) is 8.59. The van der Waals surface area contributed by atoms with E-state index in [1.54, 1.807) is 0 Å². The Morgan fingerprint density at radius 3 is 2.35 bits per heavy atom. The number of Topliss-reactive ketones (excluding diaryl/α,β-unsaturated/α-hetero) is 1. The van der Waals surface area contributed by atoms with Crippen LogP contribution in [0.5, 0.6) is 0 Å². The van der Waals surface area contributed by atoms with Crippen LogP contribution in [-0.2, 0) is 4.79 Å². The van der Waals surface area contributed by atoms with Gasteiger partial charge in [0.05, 0.1) is 10.9 Å². The molecule has 3 aliphatic rings. The molecule has 0 bridgehead atoms. The first-order valence-corrected chi connectivity index (χ1v) is 11.3. The molecule has 0 aromatic heterocycles. The van der Waals surface area contributed by atoms with Gasteiger partial charge in [0.15, 0.2) is 5.78 Å². The number of alkyl halides is 1. The monoisotopic (exact) mass is 432 g/mol. The Bertz CT molecular complexity index is 498. The van der Waals surface area contributed by atoms with E-state index in [-0.39, 0.29) is 40.9 Å². The number of fused-ring (bicyclic) bond motifs is 1. The molecule has 5 heteroatoms. The highest BCUT2D eigenvalue weighted by atomic mass is 79.9. The number of halogens is 1. The third-order valence-electron chi connectivity index (χ3n) is 7.94. The normalized spacial score (nSPS) is 48.5. The predicted molar refractivity (Wildman–Crippen MR) is 107 cm³/mol. The maximum Gasteiger partial charge on any atom is 0.152 e. The van der Waals surface area contributed by atoms with Crippen molar-refractivity contribution in [3.8, 4) is 0 Å². The lowest BCUT2D eigenvalue weighted by Crippen LogP contribution is -2.54. The van der Waals surface area contributed by atoms with Crippen LogP contribution in [0.4, 0.5) is 0 Å². The van der Waals surface area contributed by atoms with Crippen molar-refractivity contribution in [1.29, 1.82) is 0 Å². The van der Waals surface area contributed by atoms with Gasteiger partial charge in [-0.1, -0.05) is 43.6 Å². The molecule has 8 atom stereocenters. The lowest BCUT2D eigenvalue weighted by molar-refractivity contribution is -0.141. The van der Waals surface area contributed by atoms with Gasteiger partial charge in [-0.05, 0) is 62.2 Å². The molecule has 3 unspecified atom stereocenters. The van der Waals surface area contributed by atoms with Gasteiger partial charge in [-0.15, -0.1) is 0 Å². The van der Waals surface area contributed by atoms with Crippen LogP contribution in [0.1, 0.15) is 66.2 Å². The lowest BCUT2D eigenvalue weighted by Gasteiger charge is -2.56. The van der Waals surface area contributed by atoms with Crippen molar-refractivity contribution in [3.63, 3.8) is 0 Å². The van der Waals surface area contributed by atoms with Crippen LogP contribution in [0.2, 0.25) is 0 Å². The van der Waals surface area contributed by atoms with E-state index in [0.717, 1.165) is 25.7 Å². The Labute approximate surface area is 166 Å². The zero-order valence-electron chi connectivity index (χ0n) is 16.7. The number of carbonyl (C=O) groups excluding carboxylic acids is 1. The molecule has 3 saturated carbocycles. The third kappa shape index (κ3) is 3.42. The highest BCUT2D eigenvalue weighted by molar-refractivity contribution is 9.10. The maximum atomic E-state index is 12.6. The molecule has 0 heterocycles. The van der Waals surface area contributed by atoms with Gasteiger partial charge in [0.25, 0.3) is 0 Å². The molecule has 152 valence electrons. The summed E-state index contributed by atoms with van der Waals surface area (Å²) in [5.41, 5.74) is -0.564. The summed E-state index contributed by atoms with van der Waals surface area (Å²) in [6.07, 6.45) is 4.33. The van der Waals surface area contributed by atoms with E-state index in [2.05, 4.69) is 29.8 Å². The van der Waals surface area contributed by atoms with Crippen molar-refractivity contribution < 1.29 is 20.1 Å². The summed E-state index contributed by atoms with van der Waals surface area (Å²) in [7, 11) is 0. The summed E-state index contributed by atoms with van der Waals surface area (Å²) < 4.78 is 0. The van der Waals surface area contributed by atoms with Crippen molar-refractivity contribution in [2.24, 2.45) is 34.5 Å². The minimum absolute atomic E-state index is 0.0166. The largest absolute Gasteiger partial charge is 0.396 e. The fraction of sp³-hybridized carbons (Fsp3) is 0.952. The lowest BCUT2D eigenvalue weighted by atomic mass is 9.49. The quantitative estimate of drug-likeness (QED) is 0.595. The van der Waals surface area contributed by atoms with Gasteiger partial charge in [0, 0.05) is 24.0 Å². The Hall–Kier alpha value is 0.0300. The van der Waals surface area contributed by atoms with Gasteiger partial charge in [-0.25, -0.2) is 0 Å². The molecule has 26 heavy (non-hydrogen) atoms. The van der Waals surface area contributed by atoms with Gasteiger partial charge in [0.2, 0.25) is 0 Å². The molecule has 3 rings (SSSR count). The average Bonchev–Trinajstić information content (AvgIpc) is 2.89. The minimum Gasteiger partial charge on any atom is -0.396 e. The van der Waals surface area contributed by atoms with Crippen molar-refractivity contribution in [3.05, 3.63) is 0 Å². The summed E-state index contributed by atoms with van der Waals surface area (Å²) in [6.45, 7) is 8.44. The molecule has 0 aromatic rings. The molecular weight excluding hydrogens is 396 g/mol. The second-order valence-electron chi connectivity index (χ2n) is 8.79. The molecule has 3 fully saturated rings. The van der Waals surface area contributed by atoms with E-state index < -0.39 is 0 Å². The number of ketones is 1.